The molecule has 1 saturated heterocycles. The molecule has 2 N–H and O–H groups in total. The molecule has 1 aliphatic carbocycles. The van der Waals surface area contributed by atoms with Crippen LogP contribution in [-0.4, -0.2) is 55.3 Å². The lowest BCUT2D eigenvalue weighted by Gasteiger charge is -2.35. The number of nitrogens with one attached hydrogen (secondary N) is 1. The van der Waals surface area contributed by atoms with Gasteiger partial charge < -0.3 is 20.1 Å². The fourth-order valence-corrected chi connectivity index (χ4v) is 2.90. The van der Waals surface area contributed by atoms with E-state index < -0.39 is 0 Å². The van der Waals surface area contributed by atoms with Crippen LogP contribution in [0.2, 0.25) is 0 Å². The molecule has 1 aromatic carbocycles. The van der Waals surface area contributed by atoms with Gasteiger partial charge >= 0.3 is 0 Å². The van der Waals surface area contributed by atoms with Crippen molar-refractivity contribution in [2.45, 2.75) is 24.8 Å². The Labute approximate surface area is 124 Å². The van der Waals surface area contributed by atoms with Crippen molar-refractivity contribution in [3.05, 3.63) is 29.3 Å². The molecule has 1 aromatic rings. The van der Waals surface area contributed by atoms with Gasteiger partial charge in [0, 0.05) is 19.6 Å². The van der Waals surface area contributed by atoms with Gasteiger partial charge in [0.25, 0.3) is 5.91 Å². The zero-order chi connectivity index (χ0) is 14.8. The van der Waals surface area contributed by atoms with Crippen LogP contribution >= 0.6 is 0 Å². The van der Waals surface area contributed by atoms with E-state index in [2.05, 4.69) is 5.32 Å². The number of carbonyl (C=O) groups is 1. The van der Waals surface area contributed by atoms with Gasteiger partial charge in [-0.2, -0.15) is 0 Å². The van der Waals surface area contributed by atoms with Crippen molar-refractivity contribution in [3.8, 4) is 5.75 Å². The van der Waals surface area contributed by atoms with Crippen molar-refractivity contribution in [1.82, 2.24) is 10.2 Å². The third-order valence-electron chi connectivity index (χ3n) is 4.33. The smallest absolute Gasteiger partial charge is 0.258 e. The molecule has 1 aliphatic heterocycles. The second-order valence-corrected chi connectivity index (χ2v) is 5.77. The molecular formula is C16H22N2O3. The highest BCUT2D eigenvalue weighted by molar-refractivity contribution is 5.97. The number of ether oxygens (including phenoxy) is 1. The van der Waals surface area contributed by atoms with Gasteiger partial charge in [0.15, 0.2) is 0 Å². The summed E-state index contributed by atoms with van der Waals surface area (Å²) in [7, 11) is 1.60. The summed E-state index contributed by atoms with van der Waals surface area (Å²) in [5, 5.41) is 12.6. The normalized spacial score (nSPS) is 22.2. The highest BCUT2D eigenvalue weighted by Gasteiger charge is 2.30. The molecule has 5 heteroatoms. The van der Waals surface area contributed by atoms with Gasteiger partial charge in [0.1, 0.15) is 5.75 Å². The number of aliphatic hydroxyl groups excluding tert-OH is 1. The number of carbonyl (C=O) groups excluding carboxylic acids is 1. The van der Waals surface area contributed by atoms with Gasteiger partial charge in [-0.25, -0.2) is 0 Å². The van der Waals surface area contributed by atoms with Crippen LogP contribution < -0.4 is 10.1 Å². The SMILES string of the molecule is COc1cc(C2CC2)ccc1C(=O)N1CCNCC1CO. The van der Waals surface area contributed by atoms with Gasteiger partial charge in [0.05, 0.1) is 25.3 Å². The highest BCUT2D eigenvalue weighted by Crippen LogP contribution is 2.41. The van der Waals surface area contributed by atoms with Crippen molar-refractivity contribution in [3.63, 3.8) is 0 Å². The third-order valence-corrected chi connectivity index (χ3v) is 4.33. The van der Waals surface area contributed by atoms with Crippen molar-refractivity contribution in [2.24, 2.45) is 0 Å². The molecule has 5 nitrogen and oxygen atoms in total. The van der Waals surface area contributed by atoms with Crippen LogP contribution in [0.25, 0.3) is 0 Å². The van der Waals surface area contributed by atoms with Gasteiger partial charge in [0.2, 0.25) is 0 Å². The van der Waals surface area contributed by atoms with Crippen LogP contribution in [0.4, 0.5) is 0 Å². The molecule has 0 bridgehead atoms. The Morgan fingerprint density at radius 1 is 1.48 bits per heavy atom. The second kappa shape index (κ2) is 6.03. The molecule has 2 aliphatic rings. The van der Waals surface area contributed by atoms with Crippen LogP contribution in [0.15, 0.2) is 18.2 Å². The van der Waals surface area contributed by atoms with E-state index in [0.717, 1.165) is 6.54 Å². The molecule has 1 saturated carbocycles. The van der Waals surface area contributed by atoms with Crippen LogP contribution in [0.5, 0.6) is 5.75 Å². The average molecular weight is 290 g/mol. The summed E-state index contributed by atoms with van der Waals surface area (Å²) in [4.78, 5) is 14.5. The molecule has 1 unspecified atom stereocenters. The maximum Gasteiger partial charge on any atom is 0.258 e. The van der Waals surface area contributed by atoms with Gasteiger partial charge in [-0.05, 0) is 36.5 Å². The first kappa shape index (κ1) is 14.4. The molecule has 21 heavy (non-hydrogen) atoms. The summed E-state index contributed by atoms with van der Waals surface area (Å²) in [6, 6.07) is 5.72. The van der Waals surface area contributed by atoms with Crippen molar-refractivity contribution in [1.29, 1.82) is 0 Å². The van der Waals surface area contributed by atoms with E-state index >= 15 is 0 Å². The van der Waals surface area contributed by atoms with E-state index in [1.165, 1.54) is 18.4 Å². The largest absolute Gasteiger partial charge is 0.496 e. The summed E-state index contributed by atoms with van der Waals surface area (Å²) < 4.78 is 5.42. The minimum absolute atomic E-state index is 0.0266. The van der Waals surface area contributed by atoms with Crippen molar-refractivity contribution >= 4 is 5.91 Å². The first-order chi connectivity index (χ1) is 10.2. The molecule has 1 atom stereocenters. The van der Waals surface area contributed by atoms with Crippen molar-refractivity contribution < 1.29 is 14.6 Å². The van der Waals surface area contributed by atoms with E-state index in [4.69, 9.17) is 4.74 Å². The lowest BCUT2D eigenvalue weighted by molar-refractivity contribution is 0.0533. The lowest BCUT2D eigenvalue weighted by Crippen LogP contribution is -2.55. The molecular weight excluding hydrogens is 268 g/mol. The Kier molecular flexibility index (Phi) is 4.12. The van der Waals surface area contributed by atoms with Gasteiger partial charge in [-0.1, -0.05) is 6.07 Å². The molecule has 2 fully saturated rings. The topological polar surface area (TPSA) is 61.8 Å². The quantitative estimate of drug-likeness (QED) is 0.868. The molecule has 114 valence electrons. The summed E-state index contributed by atoms with van der Waals surface area (Å²) in [6.45, 7) is 1.97. The molecule has 0 spiro atoms. The Balaban J connectivity index is 1.85. The zero-order valence-electron chi connectivity index (χ0n) is 12.3. The summed E-state index contributed by atoms with van der Waals surface area (Å²) in [5.41, 5.74) is 1.84. The predicted octanol–water partition coefficient (Wildman–Crippen LogP) is 0.979. The first-order valence-electron chi connectivity index (χ1n) is 7.55. The minimum atomic E-state index is -0.168. The standard InChI is InChI=1S/C16H22N2O3/c1-21-15-8-12(11-2-3-11)4-5-14(15)16(20)18-7-6-17-9-13(18)10-19/h4-5,8,11,13,17,19H,2-3,6-7,9-10H2,1H3. The Morgan fingerprint density at radius 2 is 2.29 bits per heavy atom. The lowest BCUT2D eigenvalue weighted by atomic mass is 10.0. The van der Waals surface area contributed by atoms with Gasteiger partial charge in [-0.3, -0.25) is 4.79 Å². The zero-order valence-corrected chi connectivity index (χ0v) is 12.3. The number of hydrogen-bond acceptors (Lipinski definition) is 4. The van der Waals surface area contributed by atoms with Crippen LogP contribution in [0, 0.1) is 0 Å². The Morgan fingerprint density at radius 3 is 2.95 bits per heavy atom. The van der Waals surface area contributed by atoms with Crippen LogP contribution in [-0.2, 0) is 0 Å². The van der Waals surface area contributed by atoms with E-state index in [0.29, 0.717) is 30.3 Å². The number of aliphatic hydroxyl groups is 1. The monoisotopic (exact) mass is 290 g/mol. The average Bonchev–Trinajstić information content (AvgIpc) is 3.38. The number of nitrogens with zero attached hydrogens (tertiary/aromatic N) is 1. The molecule has 1 amide bonds. The summed E-state index contributed by atoms with van der Waals surface area (Å²) in [5.74, 6) is 1.21. The maximum atomic E-state index is 12.8. The number of piperazine rings is 1. The third kappa shape index (κ3) is 2.89. The van der Waals surface area contributed by atoms with Crippen LogP contribution in [0.1, 0.15) is 34.7 Å². The maximum absolute atomic E-state index is 12.8. The predicted molar refractivity (Wildman–Crippen MR) is 79.7 cm³/mol. The summed E-state index contributed by atoms with van der Waals surface area (Å²) >= 11 is 0. The molecule has 3 rings (SSSR count). The van der Waals surface area contributed by atoms with E-state index in [1.54, 1.807) is 12.0 Å². The first-order valence-corrected chi connectivity index (χ1v) is 7.55. The van der Waals surface area contributed by atoms with Crippen LogP contribution in [0.3, 0.4) is 0 Å². The van der Waals surface area contributed by atoms with E-state index in [1.807, 2.05) is 18.2 Å². The number of rotatable bonds is 4. The van der Waals surface area contributed by atoms with Crippen molar-refractivity contribution in [2.75, 3.05) is 33.4 Å². The molecule has 1 heterocycles. The van der Waals surface area contributed by atoms with E-state index in [9.17, 15) is 9.90 Å². The molecule has 0 radical (unpaired) electrons. The molecule has 0 aromatic heterocycles. The Bertz CT molecular complexity index is 528. The number of amides is 1. The fraction of sp³-hybridized carbons (Fsp3) is 0.562. The van der Waals surface area contributed by atoms with Gasteiger partial charge in [-0.15, -0.1) is 0 Å². The minimum Gasteiger partial charge on any atom is -0.496 e. The second-order valence-electron chi connectivity index (χ2n) is 5.77. The number of hydrogen-bond donors (Lipinski definition) is 2. The highest BCUT2D eigenvalue weighted by atomic mass is 16.5. The Hall–Kier alpha value is -1.59. The fourth-order valence-electron chi connectivity index (χ4n) is 2.90. The summed E-state index contributed by atoms with van der Waals surface area (Å²) in [6.07, 6.45) is 2.45. The number of methoxy groups -OCH3 is 1. The number of benzene rings is 1. The van der Waals surface area contributed by atoms with E-state index in [-0.39, 0.29) is 18.6 Å².